The molecule has 1 aromatic heterocycles. The molecule has 0 atom stereocenters. The molecule has 1 heterocycles. The van der Waals surface area contributed by atoms with Crippen LogP contribution in [0.5, 0.6) is 0 Å². The van der Waals surface area contributed by atoms with Gasteiger partial charge in [0.2, 0.25) is 10.0 Å². The van der Waals surface area contributed by atoms with Crippen molar-refractivity contribution in [1.82, 2.24) is 4.98 Å². The Hall–Kier alpha value is -1.75. The fraction of sp³-hybridized carbons (Fsp3) is 0.286. The van der Waals surface area contributed by atoms with Crippen LogP contribution >= 0.6 is 11.3 Å². The third-order valence-corrected chi connectivity index (χ3v) is 4.83. The summed E-state index contributed by atoms with van der Waals surface area (Å²) in [7, 11) is -3.84. The molecule has 0 bridgehead atoms. The van der Waals surface area contributed by atoms with Crippen LogP contribution in [0, 0.1) is 11.3 Å². The lowest BCUT2D eigenvalue weighted by Gasteiger charge is -2.15. The normalized spacial score (nSPS) is 12.1. The summed E-state index contributed by atoms with van der Waals surface area (Å²) in [5.74, 6) is 0. The minimum atomic E-state index is -3.84. The quantitative estimate of drug-likeness (QED) is 0.919. The maximum absolute atomic E-state index is 11.7. The number of hydrogen-bond acceptors (Lipinski definition) is 5. The summed E-state index contributed by atoms with van der Waals surface area (Å²) in [5.41, 5.74) is 0.794. The summed E-state index contributed by atoms with van der Waals surface area (Å²) in [5, 5.41) is 15.0. The first-order valence-corrected chi connectivity index (χ1v) is 8.54. The fourth-order valence-corrected chi connectivity index (χ4v) is 3.83. The maximum atomic E-state index is 11.7. The van der Waals surface area contributed by atoms with Gasteiger partial charge in [-0.2, -0.15) is 5.26 Å². The molecular weight excluding hydrogens is 306 g/mol. The Balaban J connectivity index is 2.71. The van der Waals surface area contributed by atoms with Gasteiger partial charge in [0, 0.05) is 11.0 Å². The number of primary sulfonamides is 1. The van der Waals surface area contributed by atoms with E-state index in [-0.39, 0.29) is 10.3 Å². The molecule has 0 aliphatic carbocycles. The molecule has 0 aliphatic rings. The Labute approximate surface area is 128 Å². The molecule has 21 heavy (non-hydrogen) atoms. The van der Waals surface area contributed by atoms with Gasteiger partial charge in [0.1, 0.15) is 16.0 Å². The van der Waals surface area contributed by atoms with Gasteiger partial charge in [-0.25, -0.2) is 18.5 Å². The van der Waals surface area contributed by atoms with Crippen molar-refractivity contribution in [3.8, 4) is 16.6 Å². The van der Waals surface area contributed by atoms with Gasteiger partial charge in [0.25, 0.3) is 0 Å². The molecule has 7 heteroatoms. The molecule has 1 aromatic carbocycles. The van der Waals surface area contributed by atoms with Crippen molar-refractivity contribution in [2.75, 3.05) is 0 Å². The monoisotopic (exact) mass is 321 g/mol. The zero-order valence-corrected chi connectivity index (χ0v) is 13.5. The zero-order chi connectivity index (χ0) is 15.8. The number of nitriles is 1. The van der Waals surface area contributed by atoms with Crippen molar-refractivity contribution in [1.29, 1.82) is 5.26 Å². The van der Waals surface area contributed by atoms with Crippen LogP contribution in [0.25, 0.3) is 10.6 Å². The second-order valence-corrected chi connectivity index (χ2v) is 8.13. The number of thiazole rings is 1. The molecular formula is C14H15N3O2S2. The first kappa shape index (κ1) is 15.6. The van der Waals surface area contributed by atoms with Crippen molar-refractivity contribution in [3.63, 3.8) is 0 Å². The fourth-order valence-electron chi connectivity index (χ4n) is 1.91. The van der Waals surface area contributed by atoms with Gasteiger partial charge >= 0.3 is 0 Å². The highest BCUT2D eigenvalue weighted by Crippen LogP contribution is 2.36. The van der Waals surface area contributed by atoms with Crippen LogP contribution in [0.15, 0.2) is 29.2 Å². The summed E-state index contributed by atoms with van der Waals surface area (Å²) >= 11 is 1.18. The molecule has 5 nitrogen and oxygen atoms in total. The third-order valence-electron chi connectivity index (χ3n) is 2.86. The van der Waals surface area contributed by atoms with Gasteiger partial charge < -0.3 is 0 Å². The van der Waals surface area contributed by atoms with E-state index in [0.29, 0.717) is 21.1 Å². The van der Waals surface area contributed by atoms with E-state index in [1.807, 2.05) is 20.8 Å². The smallest absolute Gasteiger partial charge is 0.238 e. The lowest BCUT2D eigenvalue weighted by molar-refractivity contribution is 0.572. The molecule has 0 amide bonds. The lowest BCUT2D eigenvalue weighted by Crippen LogP contribution is -2.14. The van der Waals surface area contributed by atoms with Crippen LogP contribution < -0.4 is 5.14 Å². The summed E-state index contributed by atoms with van der Waals surface area (Å²) in [6.45, 7) is 5.87. The average molecular weight is 321 g/mol. The SMILES string of the molecule is CC(C)(C)c1nc(-c2ccccc2S(N)(=O)=O)sc1C#N. The number of aromatic nitrogens is 1. The average Bonchev–Trinajstić information content (AvgIpc) is 2.81. The van der Waals surface area contributed by atoms with Crippen LogP contribution in [0.3, 0.4) is 0 Å². The van der Waals surface area contributed by atoms with E-state index in [0.717, 1.165) is 0 Å². The standard InChI is InChI=1S/C14H15N3O2S2/c1-14(2,3)12-10(8-15)20-13(17-12)9-6-4-5-7-11(9)21(16,18)19/h4-7H,1-3H3,(H2,16,18,19). The Bertz CT molecular complexity index is 825. The molecule has 2 rings (SSSR count). The topological polar surface area (TPSA) is 96.8 Å². The Morgan fingerprint density at radius 3 is 2.38 bits per heavy atom. The molecule has 2 N–H and O–H groups in total. The number of sulfonamides is 1. The van der Waals surface area contributed by atoms with E-state index < -0.39 is 10.0 Å². The van der Waals surface area contributed by atoms with Crippen LogP contribution in [-0.4, -0.2) is 13.4 Å². The minimum absolute atomic E-state index is 0.0173. The van der Waals surface area contributed by atoms with Crippen molar-refractivity contribution in [2.24, 2.45) is 5.14 Å². The predicted octanol–water partition coefficient (Wildman–Crippen LogP) is 2.63. The van der Waals surface area contributed by atoms with E-state index >= 15 is 0 Å². The van der Waals surface area contributed by atoms with Crippen LogP contribution in [0.4, 0.5) is 0 Å². The maximum Gasteiger partial charge on any atom is 0.238 e. The van der Waals surface area contributed by atoms with Gasteiger partial charge in [0.15, 0.2) is 0 Å². The molecule has 0 unspecified atom stereocenters. The van der Waals surface area contributed by atoms with Gasteiger partial charge in [-0.05, 0) is 6.07 Å². The van der Waals surface area contributed by atoms with Crippen LogP contribution in [0.1, 0.15) is 31.3 Å². The summed E-state index contributed by atoms with van der Waals surface area (Å²) in [6.07, 6.45) is 0. The predicted molar refractivity (Wildman–Crippen MR) is 82.3 cm³/mol. The zero-order valence-electron chi connectivity index (χ0n) is 11.9. The molecule has 0 fully saturated rings. The van der Waals surface area contributed by atoms with Crippen LogP contribution in [0.2, 0.25) is 0 Å². The van der Waals surface area contributed by atoms with E-state index in [1.54, 1.807) is 18.2 Å². The number of hydrogen-bond donors (Lipinski definition) is 1. The third kappa shape index (κ3) is 3.13. The summed E-state index contributed by atoms with van der Waals surface area (Å²) in [4.78, 5) is 4.98. The highest BCUT2D eigenvalue weighted by molar-refractivity contribution is 7.89. The molecule has 0 aliphatic heterocycles. The molecule has 110 valence electrons. The van der Waals surface area contributed by atoms with Gasteiger partial charge in [-0.15, -0.1) is 11.3 Å². The molecule has 2 aromatic rings. The second-order valence-electron chi connectivity index (χ2n) is 5.60. The summed E-state index contributed by atoms with van der Waals surface area (Å²) in [6, 6.07) is 8.53. The van der Waals surface area contributed by atoms with E-state index in [2.05, 4.69) is 11.1 Å². The Morgan fingerprint density at radius 2 is 1.90 bits per heavy atom. The van der Waals surface area contributed by atoms with Crippen LogP contribution in [-0.2, 0) is 15.4 Å². The minimum Gasteiger partial charge on any atom is -0.239 e. The molecule has 0 saturated carbocycles. The molecule has 0 spiro atoms. The number of nitrogens with two attached hydrogens (primary N) is 1. The molecule has 0 saturated heterocycles. The highest BCUT2D eigenvalue weighted by atomic mass is 32.2. The Morgan fingerprint density at radius 1 is 1.29 bits per heavy atom. The Kier molecular flexibility index (Phi) is 3.89. The van der Waals surface area contributed by atoms with Gasteiger partial charge in [0.05, 0.1) is 10.6 Å². The van der Waals surface area contributed by atoms with Gasteiger partial charge in [-0.3, -0.25) is 0 Å². The van der Waals surface area contributed by atoms with E-state index in [1.165, 1.54) is 17.4 Å². The van der Waals surface area contributed by atoms with Crippen molar-refractivity contribution in [2.45, 2.75) is 31.1 Å². The number of rotatable bonds is 2. The largest absolute Gasteiger partial charge is 0.239 e. The van der Waals surface area contributed by atoms with E-state index in [9.17, 15) is 13.7 Å². The highest BCUT2D eigenvalue weighted by Gasteiger charge is 2.25. The first-order valence-electron chi connectivity index (χ1n) is 6.18. The van der Waals surface area contributed by atoms with Crippen molar-refractivity contribution >= 4 is 21.4 Å². The van der Waals surface area contributed by atoms with Gasteiger partial charge in [-0.1, -0.05) is 39.0 Å². The second kappa shape index (κ2) is 5.22. The number of benzene rings is 1. The number of nitrogens with zero attached hydrogens (tertiary/aromatic N) is 2. The lowest BCUT2D eigenvalue weighted by atomic mass is 9.91. The van der Waals surface area contributed by atoms with Crippen molar-refractivity contribution in [3.05, 3.63) is 34.8 Å². The van der Waals surface area contributed by atoms with Crippen molar-refractivity contribution < 1.29 is 8.42 Å². The van der Waals surface area contributed by atoms with E-state index in [4.69, 9.17) is 5.14 Å². The summed E-state index contributed by atoms with van der Waals surface area (Å²) < 4.78 is 23.3. The first-order chi connectivity index (χ1) is 9.64. The molecule has 0 radical (unpaired) electrons.